The van der Waals surface area contributed by atoms with E-state index in [9.17, 15) is 18.1 Å². The maximum atomic E-state index is 11.9. The maximum absolute atomic E-state index is 11.9. The predicted octanol–water partition coefficient (Wildman–Crippen LogP) is -2.80. The van der Waals surface area contributed by atoms with Crippen molar-refractivity contribution in [3.63, 3.8) is 0 Å². The van der Waals surface area contributed by atoms with Gasteiger partial charge in [0.05, 0.1) is 0 Å². The Bertz CT molecular complexity index is 287. The Morgan fingerprint density at radius 2 is 1.72 bits per heavy atom. The molecular weight excluding hydrogens is 279 g/mol. The fourth-order valence-corrected chi connectivity index (χ4v) is 1.33. The van der Waals surface area contributed by atoms with E-state index in [-0.39, 0.29) is 18.9 Å². The van der Waals surface area contributed by atoms with Gasteiger partial charge in [-0.3, -0.25) is 13.9 Å². The Labute approximate surface area is 112 Å². The van der Waals surface area contributed by atoms with Gasteiger partial charge >= 0.3 is 45.3 Å². The molecule has 0 spiro atoms. The molecule has 0 amide bonds. The first kappa shape index (κ1) is 23.3. The quantitative estimate of drug-likeness (QED) is 0.156. The summed E-state index contributed by atoms with van der Waals surface area (Å²) in [7, 11) is -6.47. The van der Waals surface area contributed by atoms with Crippen LogP contribution in [0.3, 0.4) is 0 Å². The van der Waals surface area contributed by atoms with Crippen LogP contribution in [0, 0.1) is 0 Å². The van der Waals surface area contributed by atoms with Crippen LogP contribution in [0.1, 0.15) is 0 Å². The van der Waals surface area contributed by atoms with E-state index >= 15 is 0 Å². The van der Waals surface area contributed by atoms with Crippen LogP contribution in [0.15, 0.2) is 0 Å². The van der Waals surface area contributed by atoms with Crippen molar-refractivity contribution in [1.82, 2.24) is 0 Å². The van der Waals surface area contributed by atoms with E-state index in [1.54, 1.807) is 0 Å². The zero-order valence-electron chi connectivity index (χ0n) is 8.36. The van der Waals surface area contributed by atoms with Crippen molar-refractivity contribution in [3.05, 3.63) is 0 Å². The van der Waals surface area contributed by atoms with Crippen LogP contribution in [0.5, 0.6) is 0 Å². The van der Waals surface area contributed by atoms with Gasteiger partial charge in [0.1, 0.15) is 0 Å². The molecular formula is C4H11BF2LiO9P. The van der Waals surface area contributed by atoms with Crippen molar-refractivity contribution >= 4 is 39.8 Å². The molecule has 0 heterocycles. The number of hydrogen-bond acceptors (Lipinski definition) is 9. The van der Waals surface area contributed by atoms with E-state index in [0.29, 0.717) is 7.11 Å². The average molecular weight is 290 g/mol. The van der Waals surface area contributed by atoms with Crippen LogP contribution >= 0.6 is 7.60 Å². The molecule has 9 nitrogen and oxygen atoms in total. The molecule has 0 radical (unpaired) electrons. The molecule has 0 aromatic rings. The summed E-state index contributed by atoms with van der Waals surface area (Å²) in [4.78, 5) is 9.92. The Morgan fingerprint density at radius 3 is 1.89 bits per heavy atom. The number of aliphatic hydroxyl groups is 2. The summed E-state index contributed by atoms with van der Waals surface area (Å²) in [5.41, 5.74) is -3.98. The van der Waals surface area contributed by atoms with E-state index in [1.165, 1.54) is 0 Å². The van der Waals surface area contributed by atoms with Crippen LogP contribution in [-0.4, -0.2) is 77.0 Å². The fourth-order valence-electron chi connectivity index (χ4n) is 0.442. The van der Waals surface area contributed by atoms with Crippen LogP contribution in [0.2, 0.25) is 0 Å². The van der Waals surface area contributed by atoms with Gasteiger partial charge in [0.2, 0.25) is 0 Å². The van der Waals surface area contributed by atoms with E-state index in [2.05, 4.69) is 9.05 Å². The second-order valence-electron chi connectivity index (χ2n) is 2.17. The second-order valence-corrected chi connectivity index (χ2v) is 4.42. The molecule has 18 heavy (non-hydrogen) atoms. The van der Waals surface area contributed by atoms with Crippen molar-refractivity contribution < 1.29 is 52.5 Å². The number of carbonyl (C=O) groups is 1. The average Bonchev–Trinajstić information content (AvgIpc) is 2.16. The standard InChI is InChI=1S/C4H7F2O6P.BH3O3.Li.H/c1-11-13(10,12-2-5)4(8,9)3(6)7;2-1(3)4;;/h8-9H,2H2,1H3;2-4H;;. The van der Waals surface area contributed by atoms with Gasteiger partial charge in [0.15, 0.2) is 6.86 Å². The third-order valence-corrected chi connectivity index (χ3v) is 2.96. The molecule has 0 bridgehead atoms. The first-order valence-electron chi connectivity index (χ1n) is 3.60. The molecule has 0 aliphatic rings. The third kappa shape index (κ3) is 7.55. The molecule has 0 aliphatic carbocycles. The number of halogens is 2. The monoisotopic (exact) mass is 290 g/mol. The minimum absolute atomic E-state index is 0. The van der Waals surface area contributed by atoms with Crippen molar-refractivity contribution in [1.29, 1.82) is 0 Å². The number of rotatable bonds is 5. The predicted molar refractivity (Wildman–Crippen MR) is 54.5 cm³/mol. The van der Waals surface area contributed by atoms with Gasteiger partial charge in [-0.25, -0.2) is 4.39 Å². The molecule has 104 valence electrons. The van der Waals surface area contributed by atoms with Crippen LogP contribution in [0.25, 0.3) is 0 Å². The normalized spacial score (nSPS) is 13.6. The number of hydrogen-bond donors (Lipinski definition) is 5. The minimum atomic E-state index is -4.95. The summed E-state index contributed by atoms with van der Waals surface area (Å²) < 4.78 is 41.9. The Morgan fingerprint density at radius 1 is 1.39 bits per heavy atom. The Kier molecular flexibility index (Phi) is 12.9. The van der Waals surface area contributed by atoms with Crippen molar-refractivity contribution in [2.24, 2.45) is 0 Å². The molecule has 1 unspecified atom stereocenters. The third-order valence-electron chi connectivity index (χ3n) is 1.10. The van der Waals surface area contributed by atoms with Crippen molar-refractivity contribution in [2.45, 2.75) is 5.53 Å². The van der Waals surface area contributed by atoms with E-state index in [1.807, 2.05) is 0 Å². The van der Waals surface area contributed by atoms with Gasteiger partial charge < -0.3 is 29.8 Å². The molecule has 5 N–H and O–H groups in total. The van der Waals surface area contributed by atoms with Gasteiger partial charge in [-0.1, -0.05) is 0 Å². The van der Waals surface area contributed by atoms with Gasteiger partial charge in [-0.2, -0.15) is 4.39 Å². The van der Waals surface area contributed by atoms with E-state index in [0.717, 1.165) is 0 Å². The van der Waals surface area contributed by atoms with Crippen LogP contribution in [-0.2, 0) is 18.4 Å². The molecule has 0 saturated carbocycles. The zero-order chi connectivity index (χ0) is 14.3. The number of alkyl halides is 1. The van der Waals surface area contributed by atoms with E-state index in [4.69, 9.17) is 25.3 Å². The fraction of sp³-hybridized carbons (Fsp3) is 0.750. The van der Waals surface area contributed by atoms with Crippen LogP contribution in [0.4, 0.5) is 8.78 Å². The van der Waals surface area contributed by atoms with Gasteiger partial charge in [0.25, 0.3) is 0 Å². The molecule has 0 aromatic carbocycles. The molecule has 0 rings (SSSR count). The molecule has 14 heteroatoms. The number of carbonyl (C=O) groups excluding carboxylic acids is 1. The first-order valence-corrected chi connectivity index (χ1v) is 5.14. The molecule has 0 saturated heterocycles. The van der Waals surface area contributed by atoms with Crippen LogP contribution < -0.4 is 0 Å². The zero-order valence-corrected chi connectivity index (χ0v) is 9.25. The van der Waals surface area contributed by atoms with Gasteiger partial charge in [-0.05, 0) is 0 Å². The summed E-state index contributed by atoms with van der Waals surface area (Å²) in [6.45, 7) is -1.72. The summed E-state index contributed by atoms with van der Waals surface area (Å²) >= 11 is 0. The second kappa shape index (κ2) is 9.99. The SMILES string of the molecule is COP(=O)(OCF)C(O)(O)C(=O)F.OB(O)O.[LiH]. The summed E-state index contributed by atoms with van der Waals surface area (Å²) in [6.07, 6.45) is 0. The van der Waals surface area contributed by atoms with E-state index < -0.39 is 33.3 Å². The Balaban J connectivity index is -0.000000392. The summed E-state index contributed by atoms with van der Waals surface area (Å²) in [5, 5.41) is 38.7. The molecule has 1 atom stereocenters. The Hall–Kier alpha value is 0.142. The molecule has 0 aliphatic heterocycles. The van der Waals surface area contributed by atoms with Crippen molar-refractivity contribution in [2.75, 3.05) is 14.0 Å². The molecule has 0 fully saturated rings. The summed E-state index contributed by atoms with van der Waals surface area (Å²) in [6, 6.07) is -2.76. The van der Waals surface area contributed by atoms with Crippen molar-refractivity contribution in [3.8, 4) is 0 Å². The molecule has 0 aromatic heterocycles. The first-order chi connectivity index (χ1) is 7.55. The topological polar surface area (TPSA) is 154 Å². The summed E-state index contributed by atoms with van der Waals surface area (Å²) in [5.74, 6) is 0. The van der Waals surface area contributed by atoms with Gasteiger partial charge in [-0.15, -0.1) is 0 Å². The van der Waals surface area contributed by atoms with Gasteiger partial charge in [0, 0.05) is 7.11 Å².